The number of carbonyl (C=O) groups is 2. The average Bonchev–Trinajstić information content (AvgIpc) is 3.50. The van der Waals surface area contributed by atoms with E-state index in [1.165, 1.54) is 0 Å². The van der Waals surface area contributed by atoms with Gasteiger partial charge in [-0.3, -0.25) is 4.79 Å². The zero-order valence-corrected chi connectivity index (χ0v) is 18.5. The molecule has 1 saturated heterocycles. The largest absolute Gasteiger partial charge is 0.457 e. The van der Waals surface area contributed by atoms with Gasteiger partial charge in [0.15, 0.2) is 0 Å². The number of nitrogens with zero attached hydrogens (tertiary/aromatic N) is 5. The third-order valence-electron chi connectivity index (χ3n) is 6.55. The number of rotatable bonds is 5. The van der Waals surface area contributed by atoms with Gasteiger partial charge in [0.05, 0.1) is 17.7 Å². The fourth-order valence-electron chi connectivity index (χ4n) is 4.46. The van der Waals surface area contributed by atoms with E-state index in [2.05, 4.69) is 27.7 Å². The van der Waals surface area contributed by atoms with Crippen LogP contribution >= 0.6 is 0 Å². The Kier molecular flexibility index (Phi) is 5.73. The summed E-state index contributed by atoms with van der Waals surface area (Å²) < 4.78 is 6.73. The van der Waals surface area contributed by atoms with Gasteiger partial charge in [-0.25, -0.2) is 9.48 Å². The maximum Gasteiger partial charge on any atom is 0.338 e. The van der Waals surface area contributed by atoms with Crippen LogP contribution in [0, 0.1) is 12.8 Å². The molecule has 3 aromatic rings. The van der Waals surface area contributed by atoms with E-state index in [4.69, 9.17) is 4.74 Å². The van der Waals surface area contributed by atoms with Crippen LogP contribution in [-0.4, -0.2) is 50.1 Å². The van der Waals surface area contributed by atoms with Crippen molar-refractivity contribution in [1.82, 2.24) is 25.1 Å². The third-order valence-corrected chi connectivity index (χ3v) is 6.55. The maximum atomic E-state index is 12.8. The van der Waals surface area contributed by atoms with Gasteiger partial charge in [-0.2, -0.15) is 0 Å². The lowest BCUT2D eigenvalue weighted by Gasteiger charge is -2.31. The van der Waals surface area contributed by atoms with Gasteiger partial charge in [-0.05, 0) is 71.0 Å². The maximum absolute atomic E-state index is 12.8. The summed E-state index contributed by atoms with van der Waals surface area (Å²) in [7, 11) is 0. The molecule has 2 aliphatic heterocycles. The highest BCUT2D eigenvalue weighted by Crippen LogP contribution is 2.28. The number of amides is 1. The highest BCUT2D eigenvalue weighted by atomic mass is 16.5. The first-order chi connectivity index (χ1) is 16.1. The highest BCUT2D eigenvalue weighted by Gasteiger charge is 2.24. The molecule has 8 heteroatoms. The first-order valence-electron chi connectivity index (χ1n) is 11.2. The van der Waals surface area contributed by atoms with Crippen molar-refractivity contribution in [3.05, 3.63) is 76.6 Å². The van der Waals surface area contributed by atoms with E-state index < -0.39 is 0 Å². The zero-order valence-electron chi connectivity index (χ0n) is 18.5. The molecule has 0 saturated carbocycles. The molecule has 33 heavy (non-hydrogen) atoms. The van der Waals surface area contributed by atoms with Crippen molar-refractivity contribution < 1.29 is 14.3 Å². The number of benzene rings is 2. The SMILES string of the molecule is Cc1c(/C=C/C2CCN(C(=O)Cc3ccc(-n4cnnn4)cc3)CC2)ccc2c1COC2=O. The summed E-state index contributed by atoms with van der Waals surface area (Å²) in [6.45, 7) is 3.93. The molecule has 0 unspecified atom stereocenters. The Hall–Kier alpha value is -3.81. The number of piperidine rings is 1. The van der Waals surface area contributed by atoms with Crippen LogP contribution in [0.1, 0.15) is 45.5 Å². The fraction of sp³-hybridized carbons (Fsp3) is 0.320. The first-order valence-corrected chi connectivity index (χ1v) is 11.2. The number of fused-ring (bicyclic) bond motifs is 1. The van der Waals surface area contributed by atoms with E-state index >= 15 is 0 Å². The van der Waals surface area contributed by atoms with Crippen LogP contribution in [0.2, 0.25) is 0 Å². The Balaban J connectivity index is 1.14. The fourth-order valence-corrected chi connectivity index (χ4v) is 4.46. The highest BCUT2D eigenvalue weighted by molar-refractivity contribution is 5.94. The molecule has 0 atom stereocenters. The van der Waals surface area contributed by atoms with E-state index in [1.807, 2.05) is 48.2 Å². The van der Waals surface area contributed by atoms with Crippen molar-refractivity contribution in [3.8, 4) is 5.69 Å². The van der Waals surface area contributed by atoms with E-state index in [9.17, 15) is 9.59 Å². The Morgan fingerprint density at radius 2 is 1.94 bits per heavy atom. The Morgan fingerprint density at radius 3 is 2.67 bits per heavy atom. The number of cyclic esters (lactones) is 1. The van der Waals surface area contributed by atoms with Crippen LogP contribution < -0.4 is 0 Å². The predicted molar refractivity (Wildman–Crippen MR) is 121 cm³/mol. The number of tetrazole rings is 1. The summed E-state index contributed by atoms with van der Waals surface area (Å²) in [6.07, 6.45) is 8.22. The minimum absolute atomic E-state index is 0.159. The van der Waals surface area contributed by atoms with Gasteiger partial charge < -0.3 is 9.64 Å². The van der Waals surface area contributed by atoms with Gasteiger partial charge in [0.1, 0.15) is 12.9 Å². The molecule has 2 aromatic carbocycles. The molecule has 5 rings (SSSR count). The molecule has 1 fully saturated rings. The van der Waals surface area contributed by atoms with Crippen molar-refractivity contribution >= 4 is 18.0 Å². The number of aromatic nitrogens is 4. The molecular formula is C25H25N5O3. The molecule has 0 radical (unpaired) electrons. The first kappa shape index (κ1) is 21.1. The number of allylic oxidation sites excluding steroid dienone is 1. The summed E-state index contributed by atoms with van der Waals surface area (Å²) in [4.78, 5) is 26.5. The summed E-state index contributed by atoms with van der Waals surface area (Å²) in [5.74, 6) is 0.367. The molecule has 1 amide bonds. The van der Waals surface area contributed by atoms with Crippen LogP contribution in [0.25, 0.3) is 11.8 Å². The minimum Gasteiger partial charge on any atom is -0.457 e. The number of likely N-dealkylation sites (tertiary alicyclic amines) is 1. The summed E-state index contributed by atoms with van der Waals surface area (Å²) in [6, 6.07) is 11.6. The van der Waals surface area contributed by atoms with Gasteiger partial charge in [0.25, 0.3) is 0 Å². The molecule has 0 spiro atoms. The Morgan fingerprint density at radius 1 is 1.15 bits per heavy atom. The van der Waals surface area contributed by atoms with Crippen LogP contribution in [0.3, 0.4) is 0 Å². The molecule has 3 heterocycles. The Bertz CT molecular complexity index is 1190. The van der Waals surface area contributed by atoms with Crippen molar-refractivity contribution in [1.29, 1.82) is 0 Å². The normalized spacial score (nSPS) is 16.3. The predicted octanol–water partition coefficient (Wildman–Crippen LogP) is 3.14. The number of carbonyl (C=O) groups excluding carboxylic acids is 2. The second-order valence-electron chi connectivity index (χ2n) is 8.56. The zero-order chi connectivity index (χ0) is 22.8. The van der Waals surface area contributed by atoms with Crippen LogP contribution in [0.4, 0.5) is 0 Å². The van der Waals surface area contributed by atoms with E-state index in [-0.39, 0.29) is 11.9 Å². The van der Waals surface area contributed by atoms with Crippen LogP contribution in [0.15, 0.2) is 48.8 Å². The lowest BCUT2D eigenvalue weighted by Crippen LogP contribution is -2.39. The van der Waals surface area contributed by atoms with Gasteiger partial charge in [0, 0.05) is 18.7 Å². The second kappa shape index (κ2) is 8.97. The Labute approximate surface area is 191 Å². The quantitative estimate of drug-likeness (QED) is 0.563. The van der Waals surface area contributed by atoms with E-state index in [0.29, 0.717) is 24.5 Å². The third kappa shape index (κ3) is 4.41. The topological polar surface area (TPSA) is 90.2 Å². The molecular weight excluding hydrogens is 418 g/mol. The number of hydrogen-bond donors (Lipinski definition) is 0. The molecule has 168 valence electrons. The van der Waals surface area contributed by atoms with E-state index in [0.717, 1.165) is 53.9 Å². The van der Waals surface area contributed by atoms with Gasteiger partial charge in [-0.15, -0.1) is 5.10 Å². The molecule has 1 aromatic heterocycles. The molecule has 8 nitrogen and oxygen atoms in total. The van der Waals surface area contributed by atoms with Crippen molar-refractivity contribution in [2.45, 2.75) is 32.8 Å². The number of hydrogen-bond acceptors (Lipinski definition) is 6. The summed E-state index contributed by atoms with van der Waals surface area (Å²) in [5.41, 5.74) is 5.74. The van der Waals surface area contributed by atoms with Crippen molar-refractivity contribution in [2.24, 2.45) is 5.92 Å². The second-order valence-corrected chi connectivity index (χ2v) is 8.56. The van der Waals surface area contributed by atoms with Crippen LogP contribution in [-0.2, 0) is 22.6 Å². The number of esters is 1. The molecule has 0 aliphatic carbocycles. The minimum atomic E-state index is -0.232. The van der Waals surface area contributed by atoms with Gasteiger partial charge in [-0.1, -0.05) is 30.4 Å². The van der Waals surface area contributed by atoms with Crippen molar-refractivity contribution in [2.75, 3.05) is 13.1 Å². The smallest absolute Gasteiger partial charge is 0.338 e. The van der Waals surface area contributed by atoms with Crippen LogP contribution in [0.5, 0.6) is 0 Å². The lowest BCUT2D eigenvalue weighted by molar-refractivity contribution is -0.131. The van der Waals surface area contributed by atoms with Gasteiger partial charge >= 0.3 is 5.97 Å². The summed E-state index contributed by atoms with van der Waals surface area (Å²) in [5, 5.41) is 11.1. The number of ether oxygens (including phenoxy) is 1. The standard InChI is InChI=1S/C25H25N5O3/c1-17-20(6-9-22-23(17)15-33-25(22)32)5-2-18-10-12-29(13-11-18)24(31)14-19-3-7-21(8-4-19)30-16-26-27-28-30/h2-9,16,18H,10-15H2,1H3/b5-2+. The molecule has 0 N–H and O–H groups in total. The molecule has 2 aliphatic rings. The van der Waals surface area contributed by atoms with Crippen molar-refractivity contribution in [3.63, 3.8) is 0 Å². The monoisotopic (exact) mass is 443 g/mol. The average molecular weight is 444 g/mol. The van der Waals surface area contributed by atoms with E-state index in [1.54, 1.807) is 11.0 Å². The van der Waals surface area contributed by atoms with Gasteiger partial charge in [0.2, 0.25) is 5.91 Å². The summed E-state index contributed by atoms with van der Waals surface area (Å²) >= 11 is 0. The molecule has 0 bridgehead atoms. The lowest BCUT2D eigenvalue weighted by atomic mass is 9.93.